The molecule has 196 valence electrons. The fraction of sp³-hybridized carbons (Fsp3) is 0.333. The molecule has 3 aromatic carbocycles. The number of thioether (sulfide) groups is 1. The first kappa shape index (κ1) is 28.7. The molecule has 7 heteroatoms. The largest absolute Gasteiger partial charge is 0.352 e. The number of rotatable bonds is 12. The van der Waals surface area contributed by atoms with Gasteiger partial charge in [-0.25, -0.2) is 4.39 Å². The molecule has 2 amide bonds. The second kappa shape index (κ2) is 14.2. The van der Waals surface area contributed by atoms with E-state index in [0.29, 0.717) is 23.6 Å². The zero-order valence-corrected chi connectivity index (χ0v) is 23.1. The highest BCUT2D eigenvalue weighted by Gasteiger charge is 2.31. The van der Waals surface area contributed by atoms with Gasteiger partial charge in [0, 0.05) is 35.3 Å². The van der Waals surface area contributed by atoms with Crippen LogP contribution in [0.5, 0.6) is 0 Å². The molecular weight excluding hydrogens is 507 g/mol. The fourth-order valence-corrected chi connectivity index (χ4v) is 5.13. The Morgan fingerprint density at radius 2 is 1.70 bits per heavy atom. The lowest BCUT2D eigenvalue weighted by atomic mass is 10.0. The van der Waals surface area contributed by atoms with E-state index in [9.17, 15) is 14.0 Å². The number of hydrogen-bond acceptors (Lipinski definition) is 3. The van der Waals surface area contributed by atoms with Gasteiger partial charge >= 0.3 is 0 Å². The first-order chi connectivity index (χ1) is 17.8. The SMILES string of the molecule is CC[C@H](C)NC(=O)[C@@H](Cc1ccccc1)N(Cc1ccc(C)cc1)C(=O)CSCc1c(F)cccc1Cl. The van der Waals surface area contributed by atoms with E-state index in [1.807, 2.05) is 75.4 Å². The molecule has 0 spiro atoms. The van der Waals surface area contributed by atoms with Gasteiger partial charge in [-0.2, -0.15) is 0 Å². The van der Waals surface area contributed by atoms with Gasteiger partial charge < -0.3 is 10.2 Å². The van der Waals surface area contributed by atoms with E-state index in [0.717, 1.165) is 23.1 Å². The quantitative estimate of drug-likeness (QED) is 0.282. The summed E-state index contributed by atoms with van der Waals surface area (Å²) in [6, 6.07) is 21.5. The zero-order chi connectivity index (χ0) is 26.8. The maximum atomic E-state index is 14.2. The van der Waals surface area contributed by atoms with Crippen LogP contribution in [-0.4, -0.2) is 34.6 Å². The van der Waals surface area contributed by atoms with E-state index in [-0.39, 0.29) is 35.2 Å². The van der Waals surface area contributed by atoms with Crippen LogP contribution in [0.2, 0.25) is 5.02 Å². The lowest BCUT2D eigenvalue weighted by Gasteiger charge is -2.32. The topological polar surface area (TPSA) is 49.4 Å². The average molecular weight is 541 g/mol. The molecule has 0 aliphatic carbocycles. The third kappa shape index (κ3) is 8.61. The van der Waals surface area contributed by atoms with Crippen LogP contribution in [0.25, 0.3) is 0 Å². The van der Waals surface area contributed by atoms with Crippen molar-refractivity contribution in [3.63, 3.8) is 0 Å². The van der Waals surface area contributed by atoms with Crippen LogP contribution in [0.3, 0.4) is 0 Å². The van der Waals surface area contributed by atoms with Crippen LogP contribution in [0.15, 0.2) is 72.8 Å². The number of carbonyl (C=O) groups excluding carboxylic acids is 2. The van der Waals surface area contributed by atoms with Crippen molar-refractivity contribution in [2.75, 3.05) is 5.75 Å². The lowest BCUT2D eigenvalue weighted by molar-refractivity contribution is -0.139. The Labute approximate surface area is 228 Å². The Balaban J connectivity index is 1.87. The summed E-state index contributed by atoms with van der Waals surface area (Å²) in [7, 11) is 0. The molecule has 0 aromatic heterocycles. The van der Waals surface area contributed by atoms with Crippen LogP contribution in [0.4, 0.5) is 4.39 Å². The molecule has 2 atom stereocenters. The van der Waals surface area contributed by atoms with Crippen LogP contribution in [-0.2, 0) is 28.3 Å². The molecule has 4 nitrogen and oxygen atoms in total. The third-order valence-corrected chi connectivity index (χ3v) is 7.58. The summed E-state index contributed by atoms with van der Waals surface area (Å²) >= 11 is 7.46. The summed E-state index contributed by atoms with van der Waals surface area (Å²) in [5, 5.41) is 3.41. The summed E-state index contributed by atoms with van der Waals surface area (Å²) in [6.45, 7) is 6.27. The Bertz CT molecular complexity index is 1150. The number of nitrogens with zero attached hydrogens (tertiary/aromatic N) is 1. The van der Waals surface area contributed by atoms with E-state index in [2.05, 4.69) is 5.32 Å². The second-order valence-electron chi connectivity index (χ2n) is 9.22. The average Bonchev–Trinajstić information content (AvgIpc) is 2.89. The molecule has 0 saturated carbocycles. The highest BCUT2D eigenvalue weighted by Crippen LogP contribution is 2.25. The Morgan fingerprint density at radius 3 is 2.35 bits per heavy atom. The van der Waals surface area contributed by atoms with Crippen molar-refractivity contribution in [1.82, 2.24) is 10.2 Å². The molecule has 0 fully saturated rings. The predicted molar refractivity (Wildman–Crippen MR) is 151 cm³/mol. The van der Waals surface area contributed by atoms with Crippen LogP contribution < -0.4 is 5.32 Å². The molecule has 0 aliphatic rings. The van der Waals surface area contributed by atoms with Gasteiger partial charge in [0.15, 0.2) is 0 Å². The normalized spacial score (nSPS) is 12.6. The molecule has 1 N–H and O–H groups in total. The third-order valence-electron chi connectivity index (χ3n) is 6.28. The number of aryl methyl sites for hydroxylation is 1. The smallest absolute Gasteiger partial charge is 0.243 e. The minimum absolute atomic E-state index is 0.0142. The van der Waals surface area contributed by atoms with Gasteiger partial charge in [-0.05, 0) is 43.5 Å². The lowest BCUT2D eigenvalue weighted by Crippen LogP contribution is -2.52. The van der Waals surface area contributed by atoms with Crippen molar-refractivity contribution in [3.8, 4) is 0 Å². The van der Waals surface area contributed by atoms with Crippen LogP contribution >= 0.6 is 23.4 Å². The van der Waals surface area contributed by atoms with Crippen LogP contribution in [0.1, 0.15) is 42.5 Å². The Hall–Kier alpha value is -2.83. The van der Waals surface area contributed by atoms with E-state index in [1.165, 1.54) is 17.8 Å². The molecule has 0 heterocycles. The van der Waals surface area contributed by atoms with Gasteiger partial charge in [0.25, 0.3) is 0 Å². The number of halogens is 2. The van der Waals surface area contributed by atoms with Crippen LogP contribution in [0, 0.1) is 12.7 Å². The summed E-state index contributed by atoms with van der Waals surface area (Å²) in [5.41, 5.74) is 3.41. The fourth-order valence-electron chi connectivity index (χ4n) is 3.88. The minimum Gasteiger partial charge on any atom is -0.352 e. The van der Waals surface area contributed by atoms with E-state index in [1.54, 1.807) is 17.0 Å². The number of nitrogens with one attached hydrogen (secondary N) is 1. The number of benzene rings is 3. The molecule has 37 heavy (non-hydrogen) atoms. The first-order valence-electron chi connectivity index (χ1n) is 12.5. The molecule has 3 aromatic rings. The number of hydrogen-bond donors (Lipinski definition) is 1. The van der Waals surface area contributed by atoms with Gasteiger partial charge in [0.2, 0.25) is 11.8 Å². The molecule has 3 rings (SSSR count). The molecule has 0 unspecified atom stereocenters. The highest BCUT2D eigenvalue weighted by atomic mass is 35.5. The Morgan fingerprint density at radius 1 is 1.00 bits per heavy atom. The first-order valence-corrected chi connectivity index (χ1v) is 14.0. The maximum absolute atomic E-state index is 14.2. The summed E-state index contributed by atoms with van der Waals surface area (Å²) < 4.78 is 14.2. The summed E-state index contributed by atoms with van der Waals surface area (Å²) in [6.07, 6.45) is 1.18. The van der Waals surface area contributed by atoms with Crippen molar-refractivity contribution < 1.29 is 14.0 Å². The second-order valence-corrected chi connectivity index (χ2v) is 10.6. The van der Waals surface area contributed by atoms with Gasteiger partial charge in [0.05, 0.1) is 5.75 Å². The molecule has 0 aliphatic heterocycles. The summed E-state index contributed by atoms with van der Waals surface area (Å²) in [5.74, 6) is -0.394. The van der Waals surface area contributed by atoms with Crippen molar-refractivity contribution >= 4 is 35.2 Å². The van der Waals surface area contributed by atoms with Crippen molar-refractivity contribution in [3.05, 3.63) is 106 Å². The molecule has 0 saturated heterocycles. The van der Waals surface area contributed by atoms with Crippen molar-refractivity contribution in [2.45, 2.75) is 58.0 Å². The monoisotopic (exact) mass is 540 g/mol. The van der Waals surface area contributed by atoms with E-state index >= 15 is 0 Å². The molecule has 0 radical (unpaired) electrons. The van der Waals surface area contributed by atoms with Gasteiger partial charge in [-0.15, -0.1) is 11.8 Å². The zero-order valence-electron chi connectivity index (χ0n) is 21.5. The van der Waals surface area contributed by atoms with E-state index < -0.39 is 6.04 Å². The van der Waals surface area contributed by atoms with Gasteiger partial charge in [-0.1, -0.05) is 84.8 Å². The van der Waals surface area contributed by atoms with E-state index in [4.69, 9.17) is 11.6 Å². The van der Waals surface area contributed by atoms with Crippen molar-refractivity contribution in [2.24, 2.45) is 0 Å². The molecular formula is C30H34ClFN2O2S. The van der Waals surface area contributed by atoms with Gasteiger partial charge in [0.1, 0.15) is 11.9 Å². The predicted octanol–water partition coefficient (Wildman–Crippen LogP) is 6.58. The maximum Gasteiger partial charge on any atom is 0.243 e. The molecule has 0 bridgehead atoms. The summed E-state index contributed by atoms with van der Waals surface area (Å²) in [4.78, 5) is 28.8. The Kier molecular flexibility index (Phi) is 11.0. The highest BCUT2D eigenvalue weighted by molar-refractivity contribution is 7.99. The number of carbonyl (C=O) groups is 2. The number of amides is 2. The standard InChI is InChI=1S/C30H34ClFN2O2S/c1-4-22(3)33-30(36)28(17-23-9-6-5-7-10-23)34(18-24-15-13-21(2)14-16-24)29(35)20-37-19-25-26(31)11-8-12-27(25)32/h5-16,22,28H,4,17-20H2,1-3H3,(H,33,36)/t22-,28+/m0/s1. The minimum atomic E-state index is -0.692. The van der Waals surface area contributed by atoms with Gasteiger partial charge in [-0.3, -0.25) is 9.59 Å². The van der Waals surface area contributed by atoms with Crippen molar-refractivity contribution in [1.29, 1.82) is 0 Å².